The van der Waals surface area contributed by atoms with Crippen molar-refractivity contribution in [1.82, 2.24) is 10.5 Å². The number of carbonyl (C=O) groups is 1. The summed E-state index contributed by atoms with van der Waals surface area (Å²) >= 11 is 0. The minimum Gasteiger partial charge on any atom is -0.406 e. The van der Waals surface area contributed by atoms with Crippen LogP contribution in [0.5, 0.6) is 0 Å². The Morgan fingerprint density at radius 3 is 2.75 bits per heavy atom. The predicted octanol–water partition coefficient (Wildman–Crippen LogP) is 1.72. The van der Waals surface area contributed by atoms with E-state index in [1.54, 1.807) is 6.92 Å². The van der Waals surface area contributed by atoms with Crippen LogP contribution in [0.3, 0.4) is 0 Å². The fraction of sp³-hybridized carbons (Fsp3) is 0.438. The van der Waals surface area contributed by atoms with Gasteiger partial charge in [0.1, 0.15) is 11.3 Å². The van der Waals surface area contributed by atoms with E-state index < -0.39 is 12.0 Å². The van der Waals surface area contributed by atoms with Crippen molar-refractivity contribution in [3.05, 3.63) is 44.6 Å². The normalized spacial score (nSPS) is 16.5. The van der Waals surface area contributed by atoms with Crippen molar-refractivity contribution < 1.29 is 18.5 Å². The molecule has 0 saturated carbocycles. The quantitative estimate of drug-likeness (QED) is 0.858. The SMILES string of the molecule is CCc1cc(=O)oc2c1C(=O)NC(OCc1c(CC)noc1C)N2. The van der Waals surface area contributed by atoms with E-state index in [-0.39, 0.29) is 18.4 Å². The summed E-state index contributed by atoms with van der Waals surface area (Å²) < 4.78 is 15.9. The zero-order chi connectivity index (χ0) is 17.3. The smallest absolute Gasteiger partial charge is 0.337 e. The summed E-state index contributed by atoms with van der Waals surface area (Å²) in [6.45, 7) is 5.85. The third-order valence-electron chi connectivity index (χ3n) is 3.97. The van der Waals surface area contributed by atoms with Gasteiger partial charge in [0, 0.05) is 11.6 Å². The van der Waals surface area contributed by atoms with Crippen molar-refractivity contribution in [2.24, 2.45) is 0 Å². The second-order valence-electron chi connectivity index (χ2n) is 5.47. The number of anilines is 1. The number of aryl methyl sites for hydroxylation is 3. The van der Waals surface area contributed by atoms with E-state index >= 15 is 0 Å². The number of hydrogen-bond acceptors (Lipinski definition) is 7. The van der Waals surface area contributed by atoms with Gasteiger partial charge in [0.05, 0.1) is 12.3 Å². The van der Waals surface area contributed by atoms with Crippen LogP contribution in [0.4, 0.5) is 5.88 Å². The van der Waals surface area contributed by atoms with E-state index in [9.17, 15) is 9.59 Å². The van der Waals surface area contributed by atoms with Crippen molar-refractivity contribution in [2.45, 2.75) is 46.6 Å². The van der Waals surface area contributed by atoms with Crippen molar-refractivity contribution >= 4 is 11.8 Å². The molecule has 0 saturated heterocycles. The third kappa shape index (κ3) is 2.92. The van der Waals surface area contributed by atoms with Crippen LogP contribution >= 0.6 is 0 Å². The van der Waals surface area contributed by atoms with Gasteiger partial charge in [-0.05, 0) is 25.3 Å². The molecule has 128 valence electrons. The van der Waals surface area contributed by atoms with E-state index in [1.165, 1.54) is 6.07 Å². The maximum absolute atomic E-state index is 12.3. The highest BCUT2D eigenvalue weighted by molar-refractivity contribution is 6.01. The molecule has 3 heterocycles. The van der Waals surface area contributed by atoms with Gasteiger partial charge in [-0.1, -0.05) is 19.0 Å². The average molecular weight is 333 g/mol. The molecule has 0 aromatic carbocycles. The lowest BCUT2D eigenvalue weighted by molar-refractivity contribution is 0.0286. The highest BCUT2D eigenvalue weighted by Crippen LogP contribution is 2.24. The van der Waals surface area contributed by atoms with Gasteiger partial charge in [-0.25, -0.2) is 4.79 Å². The number of ether oxygens (including phenoxy) is 1. The number of hydrogen-bond donors (Lipinski definition) is 2. The lowest BCUT2D eigenvalue weighted by Gasteiger charge is -2.27. The molecule has 1 aliphatic heterocycles. The number of nitrogens with one attached hydrogen (secondary N) is 2. The number of carbonyl (C=O) groups excluding carboxylic acids is 1. The molecule has 2 N–H and O–H groups in total. The molecule has 1 amide bonds. The van der Waals surface area contributed by atoms with Crippen LogP contribution in [-0.4, -0.2) is 17.4 Å². The topological polar surface area (TPSA) is 107 Å². The Bertz CT molecular complexity index is 824. The number of nitrogens with zero attached hydrogens (tertiary/aromatic N) is 1. The molecule has 3 rings (SSSR count). The summed E-state index contributed by atoms with van der Waals surface area (Å²) in [7, 11) is 0. The Hall–Kier alpha value is -2.61. The molecule has 8 nitrogen and oxygen atoms in total. The van der Waals surface area contributed by atoms with Crippen LogP contribution in [0, 0.1) is 6.92 Å². The number of rotatable bonds is 5. The molecule has 0 fully saturated rings. The van der Waals surface area contributed by atoms with E-state index in [4.69, 9.17) is 13.7 Å². The van der Waals surface area contributed by atoms with Gasteiger partial charge in [-0.2, -0.15) is 0 Å². The Morgan fingerprint density at radius 1 is 1.25 bits per heavy atom. The van der Waals surface area contributed by atoms with Crippen LogP contribution in [0.25, 0.3) is 0 Å². The second kappa shape index (κ2) is 6.48. The lowest BCUT2D eigenvalue weighted by Crippen LogP contribution is -2.47. The second-order valence-corrected chi connectivity index (χ2v) is 5.47. The molecule has 1 atom stereocenters. The molecule has 1 aliphatic rings. The minimum absolute atomic E-state index is 0.130. The zero-order valence-corrected chi connectivity index (χ0v) is 13.8. The average Bonchev–Trinajstić information content (AvgIpc) is 2.91. The summed E-state index contributed by atoms with van der Waals surface area (Å²) in [6, 6.07) is 1.33. The van der Waals surface area contributed by atoms with Crippen molar-refractivity contribution in [2.75, 3.05) is 5.32 Å². The standard InChI is InChI=1S/C16H19N3O5/c1-4-9-6-12(20)23-15-13(9)14(21)17-16(18-15)22-7-10-8(3)24-19-11(10)5-2/h6,16,18H,4-5,7H2,1-3H3,(H,17,21). The Balaban J connectivity index is 1.79. The molecule has 2 aromatic heterocycles. The fourth-order valence-electron chi connectivity index (χ4n) is 2.67. The van der Waals surface area contributed by atoms with Gasteiger partial charge in [0.25, 0.3) is 5.91 Å². The highest BCUT2D eigenvalue weighted by atomic mass is 16.5. The summed E-state index contributed by atoms with van der Waals surface area (Å²) in [4.78, 5) is 23.9. The highest BCUT2D eigenvalue weighted by Gasteiger charge is 2.29. The van der Waals surface area contributed by atoms with E-state index in [1.807, 2.05) is 13.8 Å². The van der Waals surface area contributed by atoms with Gasteiger partial charge in [-0.3, -0.25) is 4.79 Å². The molecule has 8 heteroatoms. The van der Waals surface area contributed by atoms with E-state index in [2.05, 4.69) is 15.8 Å². The molecule has 0 spiro atoms. The number of amides is 1. The number of aromatic nitrogens is 1. The molecule has 0 radical (unpaired) electrons. The zero-order valence-electron chi connectivity index (χ0n) is 13.8. The summed E-state index contributed by atoms with van der Waals surface area (Å²) in [6.07, 6.45) is 0.464. The van der Waals surface area contributed by atoms with Gasteiger partial charge in [0.15, 0.2) is 0 Å². The molecule has 2 aromatic rings. The van der Waals surface area contributed by atoms with E-state index in [0.29, 0.717) is 23.3 Å². The first-order chi connectivity index (χ1) is 11.5. The monoisotopic (exact) mass is 333 g/mol. The molecule has 0 bridgehead atoms. The van der Waals surface area contributed by atoms with Gasteiger partial charge in [0.2, 0.25) is 12.2 Å². The maximum Gasteiger partial charge on any atom is 0.337 e. The maximum atomic E-state index is 12.3. The molecular weight excluding hydrogens is 314 g/mol. The van der Waals surface area contributed by atoms with Crippen molar-refractivity contribution in [1.29, 1.82) is 0 Å². The Labute approximate surface area is 138 Å². The summed E-state index contributed by atoms with van der Waals surface area (Å²) in [5, 5.41) is 9.55. The lowest BCUT2D eigenvalue weighted by atomic mass is 10.1. The first kappa shape index (κ1) is 16.3. The molecule has 1 unspecified atom stereocenters. The first-order valence-electron chi connectivity index (χ1n) is 7.83. The Morgan fingerprint density at radius 2 is 2.04 bits per heavy atom. The number of fused-ring (bicyclic) bond motifs is 1. The fourth-order valence-corrected chi connectivity index (χ4v) is 2.67. The van der Waals surface area contributed by atoms with Crippen LogP contribution in [0.1, 0.15) is 46.8 Å². The minimum atomic E-state index is -0.806. The van der Waals surface area contributed by atoms with Crippen LogP contribution < -0.4 is 16.3 Å². The van der Waals surface area contributed by atoms with Gasteiger partial charge >= 0.3 is 5.63 Å². The molecule has 24 heavy (non-hydrogen) atoms. The molecule has 0 aliphatic carbocycles. The largest absolute Gasteiger partial charge is 0.406 e. The van der Waals surface area contributed by atoms with Crippen molar-refractivity contribution in [3.8, 4) is 0 Å². The Kier molecular flexibility index (Phi) is 4.39. The van der Waals surface area contributed by atoms with E-state index in [0.717, 1.165) is 17.7 Å². The predicted molar refractivity (Wildman–Crippen MR) is 84.6 cm³/mol. The van der Waals surface area contributed by atoms with Gasteiger partial charge in [-0.15, -0.1) is 0 Å². The van der Waals surface area contributed by atoms with Crippen molar-refractivity contribution in [3.63, 3.8) is 0 Å². The third-order valence-corrected chi connectivity index (χ3v) is 3.97. The van der Waals surface area contributed by atoms with Gasteiger partial charge < -0.3 is 24.3 Å². The van der Waals surface area contributed by atoms with Crippen LogP contribution in [-0.2, 0) is 24.2 Å². The first-order valence-corrected chi connectivity index (χ1v) is 7.83. The summed E-state index contributed by atoms with van der Waals surface area (Å²) in [5.74, 6) is 0.465. The summed E-state index contributed by atoms with van der Waals surface area (Å²) in [5.41, 5.74) is 2.13. The van der Waals surface area contributed by atoms with Crippen LogP contribution in [0.15, 0.2) is 19.8 Å². The molecular formula is C16H19N3O5. The van der Waals surface area contributed by atoms with Crippen LogP contribution in [0.2, 0.25) is 0 Å².